The minimum absolute atomic E-state index is 0.856. The van der Waals surface area contributed by atoms with E-state index in [0.29, 0.717) is 0 Å². The first-order chi connectivity index (χ1) is 9.67. The number of anilines is 1. The topological polar surface area (TPSA) is 31.4 Å². The van der Waals surface area contributed by atoms with Gasteiger partial charge in [-0.15, -0.1) is 0 Å². The lowest BCUT2D eigenvalue weighted by atomic mass is 10.2. The van der Waals surface area contributed by atoms with Crippen LogP contribution in [0.5, 0.6) is 0 Å². The zero-order valence-electron chi connectivity index (χ0n) is 13.5. The lowest BCUT2D eigenvalue weighted by molar-refractivity contribution is 0.413. The average molecular weight is 278 g/mol. The summed E-state index contributed by atoms with van der Waals surface area (Å²) < 4.78 is 0. The molecule has 0 fully saturated rings. The Balaban J connectivity index is 2.66. The Bertz CT molecular complexity index is 365. The Hall–Kier alpha value is -1.13. The summed E-state index contributed by atoms with van der Waals surface area (Å²) in [4.78, 5) is 9.13. The quantitative estimate of drug-likeness (QED) is 0.666. The van der Waals surface area contributed by atoms with Crippen molar-refractivity contribution in [1.29, 1.82) is 0 Å². The van der Waals surface area contributed by atoms with Crippen LogP contribution in [0.1, 0.15) is 32.4 Å². The van der Waals surface area contributed by atoms with E-state index in [2.05, 4.69) is 60.2 Å². The standard InChI is InChI=1S/C16H30N4/c1-5-8-17-14-15-13-16(7-9-18-15)20(10-6-2)12-11-19(3)4/h7,9,13,17H,5-6,8,10-12,14H2,1-4H3. The average Bonchev–Trinajstić information content (AvgIpc) is 2.44. The maximum atomic E-state index is 4.45. The number of hydrogen-bond donors (Lipinski definition) is 1. The van der Waals surface area contributed by atoms with Gasteiger partial charge in [0.25, 0.3) is 0 Å². The lowest BCUT2D eigenvalue weighted by Crippen LogP contribution is -2.32. The highest BCUT2D eigenvalue weighted by atomic mass is 15.2. The molecule has 0 spiro atoms. The van der Waals surface area contributed by atoms with Crippen molar-refractivity contribution in [2.75, 3.05) is 45.2 Å². The van der Waals surface area contributed by atoms with Crippen molar-refractivity contribution >= 4 is 5.69 Å². The molecule has 4 nitrogen and oxygen atoms in total. The predicted molar refractivity (Wildman–Crippen MR) is 87.3 cm³/mol. The third-order valence-corrected chi connectivity index (χ3v) is 3.21. The fourth-order valence-electron chi connectivity index (χ4n) is 2.11. The van der Waals surface area contributed by atoms with Crippen LogP contribution < -0.4 is 10.2 Å². The summed E-state index contributed by atoms with van der Waals surface area (Å²) in [6.45, 7) is 9.55. The summed E-state index contributed by atoms with van der Waals surface area (Å²) >= 11 is 0. The number of likely N-dealkylation sites (N-methyl/N-ethyl adjacent to an activating group) is 1. The van der Waals surface area contributed by atoms with Crippen LogP contribution in [0.3, 0.4) is 0 Å². The summed E-state index contributed by atoms with van der Waals surface area (Å²) in [5.41, 5.74) is 2.42. The van der Waals surface area contributed by atoms with Crippen LogP contribution in [-0.2, 0) is 6.54 Å². The molecular weight excluding hydrogens is 248 g/mol. The Morgan fingerprint density at radius 1 is 1.10 bits per heavy atom. The maximum Gasteiger partial charge on any atom is 0.0562 e. The highest BCUT2D eigenvalue weighted by molar-refractivity contribution is 5.46. The van der Waals surface area contributed by atoms with Crippen molar-refractivity contribution in [1.82, 2.24) is 15.2 Å². The Morgan fingerprint density at radius 3 is 2.55 bits per heavy atom. The fraction of sp³-hybridized carbons (Fsp3) is 0.688. The SMILES string of the molecule is CCCNCc1cc(N(CCC)CCN(C)C)ccn1. The van der Waals surface area contributed by atoms with E-state index in [1.165, 1.54) is 12.1 Å². The molecule has 1 rings (SSSR count). The second-order valence-electron chi connectivity index (χ2n) is 5.47. The van der Waals surface area contributed by atoms with Gasteiger partial charge in [-0.05, 0) is 45.6 Å². The fourth-order valence-corrected chi connectivity index (χ4v) is 2.11. The van der Waals surface area contributed by atoms with Gasteiger partial charge in [0.2, 0.25) is 0 Å². The molecule has 4 heteroatoms. The molecule has 0 saturated heterocycles. The summed E-state index contributed by atoms with van der Waals surface area (Å²) in [6.07, 6.45) is 4.25. The largest absolute Gasteiger partial charge is 0.370 e. The molecule has 0 radical (unpaired) electrons. The van der Waals surface area contributed by atoms with Crippen molar-refractivity contribution in [3.8, 4) is 0 Å². The van der Waals surface area contributed by atoms with Crippen molar-refractivity contribution < 1.29 is 0 Å². The van der Waals surface area contributed by atoms with Gasteiger partial charge in [0.1, 0.15) is 0 Å². The summed E-state index contributed by atoms with van der Waals surface area (Å²) in [5, 5.41) is 3.41. The van der Waals surface area contributed by atoms with Gasteiger partial charge in [-0.2, -0.15) is 0 Å². The van der Waals surface area contributed by atoms with Crippen LogP contribution in [0.4, 0.5) is 5.69 Å². The van der Waals surface area contributed by atoms with Crippen molar-refractivity contribution in [3.05, 3.63) is 24.0 Å². The molecule has 0 atom stereocenters. The Labute approximate surface area is 124 Å². The van der Waals surface area contributed by atoms with Gasteiger partial charge >= 0.3 is 0 Å². The van der Waals surface area contributed by atoms with E-state index in [0.717, 1.165) is 44.8 Å². The van der Waals surface area contributed by atoms with Crippen molar-refractivity contribution in [3.63, 3.8) is 0 Å². The van der Waals surface area contributed by atoms with Gasteiger partial charge in [0, 0.05) is 38.1 Å². The predicted octanol–water partition coefficient (Wildman–Crippen LogP) is 2.36. The molecule has 20 heavy (non-hydrogen) atoms. The first kappa shape index (κ1) is 16.9. The summed E-state index contributed by atoms with van der Waals surface area (Å²) in [7, 11) is 4.24. The van der Waals surface area contributed by atoms with Gasteiger partial charge in [-0.3, -0.25) is 4.98 Å². The monoisotopic (exact) mass is 278 g/mol. The number of nitrogens with one attached hydrogen (secondary N) is 1. The van der Waals surface area contributed by atoms with Crippen LogP contribution in [0.2, 0.25) is 0 Å². The summed E-state index contributed by atoms with van der Waals surface area (Å²) in [5.74, 6) is 0. The van der Waals surface area contributed by atoms with Crippen LogP contribution >= 0.6 is 0 Å². The number of nitrogens with zero attached hydrogens (tertiary/aromatic N) is 3. The third kappa shape index (κ3) is 6.35. The van der Waals surface area contributed by atoms with Crippen molar-refractivity contribution in [2.24, 2.45) is 0 Å². The van der Waals surface area contributed by atoms with Gasteiger partial charge < -0.3 is 15.1 Å². The Morgan fingerprint density at radius 2 is 1.90 bits per heavy atom. The first-order valence-electron chi connectivity index (χ1n) is 7.72. The van der Waals surface area contributed by atoms with E-state index in [9.17, 15) is 0 Å². The van der Waals surface area contributed by atoms with Crippen molar-refractivity contribution in [2.45, 2.75) is 33.2 Å². The number of hydrogen-bond acceptors (Lipinski definition) is 4. The minimum Gasteiger partial charge on any atom is -0.370 e. The van der Waals surface area contributed by atoms with E-state index in [-0.39, 0.29) is 0 Å². The van der Waals surface area contributed by atoms with E-state index in [4.69, 9.17) is 0 Å². The molecule has 0 saturated carbocycles. The molecule has 0 aromatic carbocycles. The molecule has 1 aromatic rings. The smallest absolute Gasteiger partial charge is 0.0562 e. The van der Waals surface area contributed by atoms with E-state index >= 15 is 0 Å². The highest BCUT2D eigenvalue weighted by Gasteiger charge is 2.07. The van der Waals surface area contributed by atoms with Gasteiger partial charge in [-0.25, -0.2) is 0 Å². The molecule has 1 N–H and O–H groups in total. The van der Waals surface area contributed by atoms with E-state index in [1.54, 1.807) is 0 Å². The van der Waals surface area contributed by atoms with Gasteiger partial charge in [-0.1, -0.05) is 13.8 Å². The third-order valence-electron chi connectivity index (χ3n) is 3.21. The first-order valence-corrected chi connectivity index (χ1v) is 7.72. The van der Waals surface area contributed by atoms with Gasteiger partial charge in [0.15, 0.2) is 0 Å². The molecule has 114 valence electrons. The number of aromatic nitrogens is 1. The summed E-state index contributed by atoms with van der Waals surface area (Å²) in [6, 6.07) is 4.34. The molecule has 0 aliphatic heterocycles. The van der Waals surface area contributed by atoms with Crippen LogP contribution in [0.25, 0.3) is 0 Å². The molecule has 0 aliphatic carbocycles. The molecule has 1 heterocycles. The molecule has 0 bridgehead atoms. The Kier molecular flexibility index (Phi) is 8.23. The maximum absolute atomic E-state index is 4.45. The highest BCUT2D eigenvalue weighted by Crippen LogP contribution is 2.15. The molecule has 0 unspecified atom stereocenters. The van der Waals surface area contributed by atoms with Crippen LogP contribution in [0.15, 0.2) is 18.3 Å². The molecule has 0 aliphatic rings. The normalized spacial score (nSPS) is 11.1. The zero-order valence-corrected chi connectivity index (χ0v) is 13.5. The minimum atomic E-state index is 0.856. The second kappa shape index (κ2) is 9.72. The van der Waals surface area contributed by atoms with Crippen LogP contribution in [-0.4, -0.2) is 50.2 Å². The number of pyridine rings is 1. The lowest BCUT2D eigenvalue weighted by Gasteiger charge is -2.26. The molecule has 1 aromatic heterocycles. The molecule has 0 amide bonds. The molecular formula is C16H30N4. The number of rotatable bonds is 10. The zero-order chi connectivity index (χ0) is 14.8. The second-order valence-corrected chi connectivity index (χ2v) is 5.47. The van der Waals surface area contributed by atoms with E-state index < -0.39 is 0 Å². The van der Waals surface area contributed by atoms with E-state index in [1.807, 2.05) is 6.20 Å². The van der Waals surface area contributed by atoms with Crippen LogP contribution in [0, 0.1) is 0 Å². The van der Waals surface area contributed by atoms with Gasteiger partial charge in [0.05, 0.1) is 5.69 Å².